The fourth-order valence-corrected chi connectivity index (χ4v) is 2.41. The van der Waals surface area contributed by atoms with Gasteiger partial charge in [-0.3, -0.25) is 4.79 Å². The molecule has 7 heteroatoms. The smallest absolute Gasteiger partial charge is 0.193 e. The van der Waals surface area contributed by atoms with Crippen LogP contribution < -0.4 is 0 Å². The Hall–Kier alpha value is -1.47. The molecule has 4 N–H and O–H groups in total. The van der Waals surface area contributed by atoms with Crippen LogP contribution in [0.15, 0.2) is 36.4 Å². The highest BCUT2D eigenvalue weighted by molar-refractivity contribution is 6.31. The highest BCUT2D eigenvalue weighted by Gasteiger charge is 2.22. The quantitative estimate of drug-likeness (QED) is 0.504. The molecule has 0 aromatic heterocycles. The maximum atomic E-state index is 12.6. The Morgan fingerprint density at radius 2 is 1.14 bits per heavy atom. The summed E-state index contributed by atoms with van der Waals surface area (Å²) in [7, 11) is 0. The van der Waals surface area contributed by atoms with Crippen LogP contribution >= 0.6 is 23.2 Å². The Morgan fingerprint density at radius 1 is 0.773 bits per heavy atom. The first-order valence-corrected chi connectivity index (χ1v) is 6.92. The Labute approximate surface area is 136 Å². The second kappa shape index (κ2) is 6.75. The van der Waals surface area contributed by atoms with Crippen molar-refractivity contribution in [3.05, 3.63) is 68.7 Å². The highest BCUT2D eigenvalue weighted by atomic mass is 35.5. The number of aliphatic hydroxyl groups excluding tert-OH is 2. The monoisotopic (exact) mass is 342 g/mol. The summed E-state index contributed by atoms with van der Waals surface area (Å²) in [6, 6.07) is 8.02. The van der Waals surface area contributed by atoms with Crippen molar-refractivity contribution in [3.63, 3.8) is 0 Å². The van der Waals surface area contributed by atoms with E-state index < -0.39 is 18.4 Å². The second-order valence-electron chi connectivity index (χ2n) is 4.54. The SMILES string of the molecule is O=C(c1ccc(Cl)cc1C(O)O)c1ccc(Cl)cc1C(O)O. The molecule has 22 heavy (non-hydrogen) atoms. The molecule has 116 valence electrons. The van der Waals surface area contributed by atoms with Crippen LogP contribution in [-0.4, -0.2) is 26.2 Å². The van der Waals surface area contributed by atoms with Gasteiger partial charge in [-0.1, -0.05) is 23.2 Å². The number of benzene rings is 2. The number of carbonyl (C=O) groups excluding carboxylic acids is 1. The Balaban J connectivity index is 2.58. The van der Waals surface area contributed by atoms with E-state index in [2.05, 4.69) is 0 Å². The van der Waals surface area contributed by atoms with Crippen molar-refractivity contribution in [1.29, 1.82) is 0 Å². The van der Waals surface area contributed by atoms with E-state index >= 15 is 0 Å². The molecule has 0 unspecified atom stereocenters. The lowest BCUT2D eigenvalue weighted by Crippen LogP contribution is -2.12. The lowest BCUT2D eigenvalue weighted by atomic mass is 9.94. The van der Waals surface area contributed by atoms with Gasteiger partial charge in [-0.25, -0.2) is 0 Å². The third kappa shape index (κ3) is 3.47. The minimum atomic E-state index is -1.90. The lowest BCUT2D eigenvalue weighted by molar-refractivity contribution is -0.0429. The normalized spacial score (nSPS) is 11.3. The molecule has 0 spiro atoms. The number of aliphatic hydroxyl groups is 4. The number of halogens is 2. The van der Waals surface area contributed by atoms with Gasteiger partial charge in [0.15, 0.2) is 18.4 Å². The Bertz CT molecular complexity index is 654. The number of ketones is 1. The average molecular weight is 343 g/mol. The van der Waals surface area contributed by atoms with E-state index in [1.807, 2.05) is 0 Å². The fraction of sp³-hybridized carbons (Fsp3) is 0.133. The maximum absolute atomic E-state index is 12.6. The van der Waals surface area contributed by atoms with Crippen molar-refractivity contribution < 1.29 is 25.2 Å². The molecule has 0 aliphatic rings. The van der Waals surface area contributed by atoms with E-state index in [0.717, 1.165) is 0 Å². The fourth-order valence-electron chi connectivity index (χ4n) is 2.05. The van der Waals surface area contributed by atoms with Gasteiger partial charge in [0.25, 0.3) is 0 Å². The van der Waals surface area contributed by atoms with E-state index in [4.69, 9.17) is 23.2 Å². The largest absolute Gasteiger partial charge is 0.364 e. The van der Waals surface area contributed by atoms with Gasteiger partial charge < -0.3 is 20.4 Å². The predicted octanol–water partition coefficient (Wildman–Crippen LogP) is 2.19. The molecule has 0 bridgehead atoms. The summed E-state index contributed by atoms with van der Waals surface area (Å²) in [6.45, 7) is 0. The molecule has 0 amide bonds. The van der Waals surface area contributed by atoms with Crippen LogP contribution in [0.25, 0.3) is 0 Å². The van der Waals surface area contributed by atoms with E-state index in [-0.39, 0.29) is 32.3 Å². The zero-order valence-corrected chi connectivity index (χ0v) is 12.6. The summed E-state index contributed by atoms with van der Waals surface area (Å²) in [5.74, 6) is -0.612. The molecular formula is C15H12Cl2O5. The van der Waals surface area contributed by atoms with Crippen LogP contribution in [0.4, 0.5) is 0 Å². The van der Waals surface area contributed by atoms with Gasteiger partial charge in [0, 0.05) is 32.3 Å². The molecule has 0 saturated carbocycles. The molecule has 0 atom stereocenters. The zero-order valence-electron chi connectivity index (χ0n) is 11.1. The first-order valence-electron chi connectivity index (χ1n) is 6.17. The van der Waals surface area contributed by atoms with Crippen LogP contribution in [-0.2, 0) is 0 Å². The summed E-state index contributed by atoms with van der Waals surface area (Å²) in [5, 5.41) is 38.0. The average Bonchev–Trinajstić information content (AvgIpc) is 2.46. The lowest BCUT2D eigenvalue weighted by Gasteiger charge is -2.14. The molecule has 2 rings (SSSR count). The molecule has 2 aromatic carbocycles. The van der Waals surface area contributed by atoms with E-state index in [9.17, 15) is 25.2 Å². The third-order valence-electron chi connectivity index (χ3n) is 3.07. The molecule has 0 aliphatic heterocycles. The van der Waals surface area contributed by atoms with E-state index in [1.165, 1.54) is 36.4 Å². The summed E-state index contributed by atoms with van der Waals surface area (Å²) >= 11 is 11.6. The van der Waals surface area contributed by atoms with Gasteiger partial charge in [0.2, 0.25) is 0 Å². The predicted molar refractivity (Wildman–Crippen MR) is 80.7 cm³/mol. The van der Waals surface area contributed by atoms with Gasteiger partial charge >= 0.3 is 0 Å². The van der Waals surface area contributed by atoms with Gasteiger partial charge in [-0.2, -0.15) is 0 Å². The number of hydrogen-bond donors (Lipinski definition) is 4. The van der Waals surface area contributed by atoms with Crippen molar-refractivity contribution in [2.45, 2.75) is 12.6 Å². The summed E-state index contributed by atoms with van der Waals surface area (Å²) in [4.78, 5) is 12.6. The number of hydrogen-bond acceptors (Lipinski definition) is 5. The van der Waals surface area contributed by atoms with E-state index in [0.29, 0.717) is 0 Å². The van der Waals surface area contributed by atoms with Crippen molar-refractivity contribution >= 4 is 29.0 Å². The van der Waals surface area contributed by atoms with Crippen molar-refractivity contribution in [2.24, 2.45) is 0 Å². The second-order valence-corrected chi connectivity index (χ2v) is 5.41. The highest BCUT2D eigenvalue weighted by Crippen LogP contribution is 2.27. The number of carbonyl (C=O) groups is 1. The molecule has 0 radical (unpaired) electrons. The topological polar surface area (TPSA) is 98.0 Å². The van der Waals surface area contributed by atoms with Crippen LogP contribution in [0.2, 0.25) is 10.0 Å². The van der Waals surface area contributed by atoms with Gasteiger partial charge in [-0.15, -0.1) is 0 Å². The standard InChI is InChI=1S/C15H12Cl2O5/c16-7-1-3-9(11(5-7)14(19)20)13(18)10-4-2-8(17)6-12(10)15(21)22/h1-6,14-15,19-22H. The van der Waals surface area contributed by atoms with Crippen molar-refractivity contribution in [2.75, 3.05) is 0 Å². The van der Waals surface area contributed by atoms with Gasteiger partial charge in [0.1, 0.15) is 0 Å². The molecule has 0 saturated heterocycles. The van der Waals surface area contributed by atoms with Crippen LogP contribution in [0, 0.1) is 0 Å². The molecule has 2 aromatic rings. The molecular weight excluding hydrogens is 331 g/mol. The summed E-state index contributed by atoms with van der Waals surface area (Å²) in [5.41, 5.74) is -0.177. The number of rotatable bonds is 4. The van der Waals surface area contributed by atoms with Crippen molar-refractivity contribution in [1.82, 2.24) is 0 Å². The zero-order chi connectivity index (χ0) is 16.4. The van der Waals surface area contributed by atoms with Crippen LogP contribution in [0.1, 0.15) is 39.6 Å². The molecule has 0 aliphatic carbocycles. The Morgan fingerprint density at radius 3 is 1.45 bits per heavy atom. The van der Waals surface area contributed by atoms with Gasteiger partial charge in [-0.05, 0) is 36.4 Å². The van der Waals surface area contributed by atoms with Crippen LogP contribution in [0.3, 0.4) is 0 Å². The maximum Gasteiger partial charge on any atom is 0.193 e. The van der Waals surface area contributed by atoms with Crippen molar-refractivity contribution in [3.8, 4) is 0 Å². The molecule has 0 heterocycles. The Kier molecular flexibility index (Phi) is 5.18. The van der Waals surface area contributed by atoms with Gasteiger partial charge in [0.05, 0.1) is 0 Å². The minimum absolute atomic E-state index is 0.0105. The first-order chi connectivity index (χ1) is 10.3. The summed E-state index contributed by atoms with van der Waals surface area (Å²) in [6.07, 6.45) is -3.79. The minimum Gasteiger partial charge on any atom is -0.364 e. The molecule has 0 fully saturated rings. The molecule has 5 nitrogen and oxygen atoms in total. The third-order valence-corrected chi connectivity index (χ3v) is 3.54. The first kappa shape index (κ1) is 16.9. The summed E-state index contributed by atoms with van der Waals surface area (Å²) < 4.78 is 0. The van der Waals surface area contributed by atoms with E-state index in [1.54, 1.807) is 0 Å². The van der Waals surface area contributed by atoms with Crippen LogP contribution in [0.5, 0.6) is 0 Å².